The molecule has 0 saturated carbocycles. The first-order valence-corrected chi connectivity index (χ1v) is 8.25. The Morgan fingerprint density at radius 2 is 2.16 bits per heavy atom. The maximum absolute atomic E-state index is 12.6. The molecule has 1 unspecified atom stereocenters. The molecule has 98 valence electrons. The summed E-state index contributed by atoms with van der Waals surface area (Å²) < 4.78 is 1.06. The quantitative estimate of drug-likeness (QED) is 0.792. The number of hydrogen-bond donors (Lipinski definition) is 0. The molecule has 0 saturated heterocycles. The topological polar surface area (TPSA) is 17.1 Å². The fourth-order valence-corrected chi connectivity index (χ4v) is 4.32. The Bertz CT molecular complexity index is 602. The summed E-state index contributed by atoms with van der Waals surface area (Å²) in [6.07, 6.45) is 3.79. The Kier molecular flexibility index (Phi) is 3.85. The van der Waals surface area contributed by atoms with Crippen molar-refractivity contribution in [3.8, 4) is 0 Å². The van der Waals surface area contributed by atoms with Crippen LogP contribution >= 0.6 is 27.3 Å². The Balaban J connectivity index is 1.84. The number of hydrogen-bond acceptors (Lipinski definition) is 2. The summed E-state index contributed by atoms with van der Waals surface area (Å²) in [4.78, 5) is 13.7. The summed E-state index contributed by atoms with van der Waals surface area (Å²) >= 11 is 5.16. The standard InChI is InChI=1S/C16H15BrOS/c17-14-8-9-19-16(14)10-15(18)13-7-3-5-11-4-1-2-6-12(11)13/h1-2,4,6,8-9,13H,3,5,7,10H2. The van der Waals surface area contributed by atoms with Crippen molar-refractivity contribution in [3.05, 3.63) is 56.2 Å². The molecule has 3 rings (SSSR count). The first-order chi connectivity index (χ1) is 9.25. The van der Waals surface area contributed by atoms with Crippen molar-refractivity contribution < 1.29 is 4.79 Å². The highest BCUT2D eigenvalue weighted by Crippen LogP contribution is 2.34. The van der Waals surface area contributed by atoms with Gasteiger partial charge in [0, 0.05) is 21.7 Å². The third-order valence-electron chi connectivity index (χ3n) is 3.78. The van der Waals surface area contributed by atoms with Gasteiger partial charge in [-0.05, 0) is 57.8 Å². The van der Waals surface area contributed by atoms with Crippen LogP contribution < -0.4 is 0 Å². The molecular formula is C16H15BrOS. The van der Waals surface area contributed by atoms with E-state index in [0.717, 1.165) is 28.6 Å². The summed E-state index contributed by atoms with van der Waals surface area (Å²) in [6, 6.07) is 10.4. The van der Waals surface area contributed by atoms with Gasteiger partial charge in [-0.15, -0.1) is 11.3 Å². The fourth-order valence-electron chi connectivity index (χ4n) is 2.82. The number of ketones is 1. The van der Waals surface area contributed by atoms with Crippen molar-refractivity contribution in [2.45, 2.75) is 31.6 Å². The average Bonchev–Trinajstić information content (AvgIpc) is 2.83. The maximum atomic E-state index is 12.6. The maximum Gasteiger partial charge on any atom is 0.145 e. The fraction of sp³-hybridized carbons (Fsp3) is 0.312. The molecule has 0 spiro atoms. The molecule has 0 N–H and O–H groups in total. The van der Waals surface area contributed by atoms with Crippen LogP contribution in [0, 0.1) is 0 Å². The molecule has 1 aromatic heterocycles. The van der Waals surface area contributed by atoms with Crippen molar-refractivity contribution in [3.63, 3.8) is 0 Å². The molecule has 19 heavy (non-hydrogen) atoms. The summed E-state index contributed by atoms with van der Waals surface area (Å²) in [6.45, 7) is 0. The molecule has 0 fully saturated rings. The van der Waals surface area contributed by atoms with E-state index in [1.165, 1.54) is 11.1 Å². The molecule has 3 heteroatoms. The zero-order valence-electron chi connectivity index (χ0n) is 10.6. The monoisotopic (exact) mass is 334 g/mol. The van der Waals surface area contributed by atoms with E-state index < -0.39 is 0 Å². The third kappa shape index (κ3) is 2.67. The molecule has 1 aliphatic carbocycles. The van der Waals surface area contributed by atoms with Crippen LogP contribution in [0.4, 0.5) is 0 Å². The lowest BCUT2D eigenvalue weighted by Gasteiger charge is -2.24. The highest BCUT2D eigenvalue weighted by atomic mass is 79.9. The molecule has 1 atom stereocenters. The van der Waals surface area contributed by atoms with Crippen LogP contribution in [0.15, 0.2) is 40.2 Å². The zero-order valence-corrected chi connectivity index (χ0v) is 13.0. The van der Waals surface area contributed by atoms with E-state index in [9.17, 15) is 4.79 Å². The van der Waals surface area contributed by atoms with Gasteiger partial charge in [-0.3, -0.25) is 4.79 Å². The molecule has 1 aromatic carbocycles. The molecule has 0 aliphatic heterocycles. The number of carbonyl (C=O) groups excluding carboxylic acids is 1. The largest absolute Gasteiger partial charge is 0.299 e. The van der Waals surface area contributed by atoms with Gasteiger partial charge < -0.3 is 0 Å². The predicted octanol–water partition coefficient (Wildman–Crippen LogP) is 4.74. The van der Waals surface area contributed by atoms with Crippen LogP contribution in [0.1, 0.15) is 34.8 Å². The van der Waals surface area contributed by atoms with Gasteiger partial charge in [-0.2, -0.15) is 0 Å². The lowest BCUT2D eigenvalue weighted by Crippen LogP contribution is -2.20. The van der Waals surface area contributed by atoms with E-state index in [1.807, 2.05) is 17.5 Å². The van der Waals surface area contributed by atoms with Crippen LogP contribution in [0.25, 0.3) is 0 Å². The average molecular weight is 335 g/mol. The molecule has 2 aromatic rings. The third-order valence-corrected chi connectivity index (χ3v) is 5.71. The van der Waals surface area contributed by atoms with Crippen LogP contribution in [0.5, 0.6) is 0 Å². The Morgan fingerprint density at radius 3 is 2.95 bits per heavy atom. The number of rotatable bonds is 3. The number of fused-ring (bicyclic) bond motifs is 1. The highest BCUT2D eigenvalue weighted by molar-refractivity contribution is 9.10. The lowest BCUT2D eigenvalue weighted by molar-refractivity contribution is -0.120. The van der Waals surface area contributed by atoms with Crippen molar-refractivity contribution in [1.82, 2.24) is 0 Å². The Hall–Kier alpha value is -0.930. The minimum atomic E-state index is 0.0962. The number of thiophene rings is 1. The van der Waals surface area contributed by atoms with Crippen molar-refractivity contribution in [2.24, 2.45) is 0 Å². The highest BCUT2D eigenvalue weighted by Gasteiger charge is 2.26. The van der Waals surface area contributed by atoms with E-state index in [2.05, 4.69) is 34.1 Å². The Morgan fingerprint density at radius 1 is 1.32 bits per heavy atom. The summed E-state index contributed by atoms with van der Waals surface area (Å²) in [5.41, 5.74) is 2.61. The summed E-state index contributed by atoms with van der Waals surface area (Å²) in [5.74, 6) is 0.453. The summed E-state index contributed by atoms with van der Waals surface area (Å²) in [5, 5.41) is 2.03. The van der Waals surface area contributed by atoms with Gasteiger partial charge in [0.15, 0.2) is 0 Å². The number of aryl methyl sites for hydroxylation is 1. The molecular weight excluding hydrogens is 320 g/mol. The molecule has 1 nitrogen and oxygen atoms in total. The van der Waals surface area contributed by atoms with E-state index in [4.69, 9.17) is 0 Å². The first-order valence-electron chi connectivity index (χ1n) is 6.58. The second-order valence-electron chi connectivity index (χ2n) is 4.98. The second kappa shape index (κ2) is 5.59. The Labute approximate surface area is 125 Å². The van der Waals surface area contributed by atoms with Crippen molar-refractivity contribution in [2.75, 3.05) is 0 Å². The van der Waals surface area contributed by atoms with Gasteiger partial charge >= 0.3 is 0 Å². The van der Waals surface area contributed by atoms with Crippen molar-refractivity contribution >= 4 is 33.0 Å². The molecule has 0 radical (unpaired) electrons. The van der Waals surface area contributed by atoms with Gasteiger partial charge in [0.05, 0.1) is 0 Å². The van der Waals surface area contributed by atoms with Gasteiger partial charge in [0.25, 0.3) is 0 Å². The van der Waals surface area contributed by atoms with Crippen LogP contribution in [-0.4, -0.2) is 5.78 Å². The van der Waals surface area contributed by atoms with Crippen molar-refractivity contribution in [1.29, 1.82) is 0 Å². The lowest BCUT2D eigenvalue weighted by atomic mass is 9.80. The first kappa shape index (κ1) is 13.1. The molecule has 0 bridgehead atoms. The van der Waals surface area contributed by atoms with Gasteiger partial charge in [0.2, 0.25) is 0 Å². The van der Waals surface area contributed by atoms with Gasteiger partial charge in [-0.25, -0.2) is 0 Å². The molecule has 1 heterocycles. The molecule has 0 amide bonds. The summed E-state index contributed by atoms with van der Waals surface area (Å²) in [7, 11) is 0. The second-order valence-corrected chi connectivity index (χ2v) is 6.83. The van der Waals surface area contributed by atoms with E-state index in [0.29, 0.717) is 12.2 Å². The van der Waals surface area contributed by atoms with E-state index in [-0.39, 0.29) is 5.92 Å². The van der Waals surface area contributed by atoms with Crippen LogP contribution in [-0.2, 0) is 17.6 Å². The minimum absolute atomic E-state index is 0.0962. The SMILES string of the molecule is O=C(Cc1sccc1Br)C1CCCc2ccccc21. The number of halogens is 1. The number of benzene rings is 1. The predicted molar refractivity (Wildman–Crippen MR) is 82.9 cm³/mol. The number of carbonyl (C=O) groups is 1. The van der Waals surface area contributed by atoms with Gasteiger partial charge in [0.1, 0.15) is 5.78 Å². The minimum Gasteiger partial charge on any atom is -0.299 e. The number of Topliss-reactive ketones (excluding diaryl/α,β-unsaturated/α-hetero) is 1. The van der Waals surface area contributed by atoms with Crippen LogP contribution in [0.2, 0.25) is 0 Å². The van der Waals surface area contributed by atoms with Gasteiger partial charge in [-0.1, -0.05) is 24.3 Å². The van der Waals surface area contributed by atoms with Crippen LogP contribution in [0.3, 0.4) is 0 Å². The van der Waals surface area contributed by atoms with E-state index in [1.54, 1.807) is 11.3 Å². The molecule has 1 aliphatic rings. The van der Waals surface area contributed by atoms with E-state index >= 15 is 0 Å². The smallest absolute Gasteiger partial charge is 0.145 e. The zero-order chi connectivity index (χ0) is 13.2. The normalized spacial score (nSPS) is 18.1.